The molecule has 2 N–H and O–H groups in total. The number of piperidine rings is 1. The summed E-state index contributed by atoms with van der Waals surface area (Å²) in [6, 6.07) is 15.2. The molecule has 1 fully saturated rings. The van der Waals surface area contributed by atoms with Crippen molar-refractivity contribution >= 4 is 22.6 Å². The van der Waals surface area contributed by atoms with E-state index in [1.807, 2.05) is 53.1 Å². The molecule has 0 aliphatic carbocycles. The molecule has 1 saturated heterocycles. The molecule has 7 nitrogen and oxygen atoms in total. The van der Waals surface area contributed by atoms with Gasteiger partial charge in [0.25, 0.3) is 0 Å². The van der Waals surface area contributed by atoms with E-state index in [2.05, 4.69) is 15.2 Å². The van der Waals surface area contributed by atoms with Crippen LogP contribution in [-0.2, 0) is 4.79 Å². The van der Waals surface area contributed by atoms with Gasteiger partial charge in [0, 0.05) is 24.8 Å². The summed E-state index contributed by atoms with van der Waals surface area (Å²) in [4.78, 5) is 29.8. The number of nitrogens with one attached hydrogen (secondary N) is 2. The normalized spacial score (nSPS) is 15.6. The predicted octanol–water partition coefficient (Wildman–Crippen LogP) is 2.61. The van der Waals surface area contributed by atoms with Crippen molar-refractivity contribution in [3.63, 3.8) is 0 Å². The molecule has 1 aliphatic rings. The molecular formula is C21H24N4O3. The maximum Gasteiger partial charge on any atom is 0.326 e. The lowest BCUT2D eigenvalue weighted by Crippen LogP contribution is -2.40. The second-order valence-electron chi connectivity index (χ2n) is 7.10. The Bertz CT molecular complexity index is 1010. The number of imidazole rings is 1. The topological polar surface area (TPSA) is 79.4 Å². The number of carbonyl (C=O) groups excluding carboxylic acids is 1. The Morgan fingerprint density at radius 1 is 1.14 bits per heavy atom. The van der Waals surface area contributed by atoms with Crippen molar-refractivity contribution in [3.8, 4) is 5.75 Å². The second-order valence-corrected chi connectivity index (χ2v) is 7.10. The van der Waals surface area contributed by atoms with E-state index in [9.17, 15) is 9.59 Å². The van der Waals surface area contributed by atoms with Gasteiger partial charge < -0.3 is 15.0 Å². The zero-order valence-electron chi connectivity index (χ0n) is 15.9. The number of hydrogen-bond donors (Lipinski definition) is 2. The third-order valence-electron chi connectivity index (χ3n) is 5.29. The first-order chi connectivity index (χ1) is 13.6. The third-order valence-corrected chi connectivity index (χ3v) is 5.29. The first-order valence-electron chi connectivity index (χ1n) is 9.49. The van der Waals surface area contributed by atoms with Gasteiger partial charge in [-0.1, -0.05) is 12.1 Å². The van der Waals surface area contributed by atoms with Crippen LogP contribution in [0.5, 0.6) is 5.75 Å². The number of para-hydroxylation sites is 2. The van der Waals surface area contributed by atoms with E-state index >= 15 is 0 Å². The van der Waals surface area contributed by atoms with E-state index < -0.39 is 0 Å². The molecule has 1 aliphatic heterocycles. The number of aromatic amines is 1. The Morgan fingerprint density at radius 2 is 1.86 bits per heavy atom. The van der Waals surface area contributed by atoms with Gasteiger partial charge >= 0.3 is 5.69 Å². The van der Waals surface area contributed by atoms with E-state index in [1.165, 1.54) is 0 Å². The van der Waals surface area contributed by atoms with Crippen LogP contribution >= 0.6 is 0 Å². The molecule has 28 heavy (non-hydrogen) atoms. The maximum atomic E-state index is 12.4. The summed E-state index contributed by atoms with van der Waals surface area (Å²) in [5.41, 5.74) is 2.51. The number of H-pyrrole nitrogens is 1. The number of amides is 1. The minimum absolute atomic E-state index is 0.0344. The van der Waals surface area contributed by atoms with Crippen molar-refractivity contribution in [1.82, 2.24) is 14.5 Å². The monoisotopic (exact) mass is 380 g/mol. The average Bonchev–Trinajstić information content (AvgIpc) is 3.05. The first-order valence-corrected chi connectivity index (χ1v) is 9.49. The molecule has 0 unspecified atom stereocenters. The fourth-order valence-electron chi connectivity index (χ4n) is 3.85. The summed E-state index contributed by atoms with van der Waals surface area (Å²) >= 11 is 0. The summed E-state index contributed by atoms with van der Waals surface area (Å²) in [6.07, 6.45) is 1.69. The lowest BCUT2D eigenvalue weighted by atomic mass is 10.0. The van der Waals surface area contributed by atoms with Crippen molar-refractivity contribution in [2.45, 2.75) is 18.9 Å². The van der Waals surface area contributed by atoms with Crippen molar-refractivity contribution in [1.29, 1.82) is 0 Å². The minimum Gasteiger partial charge on any atom is -0.497 e. The Labute approximate surface area is 162 Å². The van der Waals surface area contributed by atoms with E-state index in [0.717, 1.165) is 48.4 Å². The third kappa shape index (κ3) is 3.80. The van der Waals surface area contributed by atoms with Crippen LogP contribution in [0.15, 0.2) is 53.3 Å². The second kappa shape index (κ2) is 7.90. The number of nitrogens with zero attached hydrogens (tertiary/aromatic N) is 2. The Hall–Kier alpha value is -3.06. The zero-order valence-corrected chi connectivity index (χ0v) is 15.9. The van der Waals surface area contributed by atoms with Gasteiger partial charge in [0.1, 0.15) is 5.75 Å². The maximum absolute atomic E-state index is 12.4. The summed E-state index contributed by atoms with van der Waals surface area (Å²) in [5.74, 6) is 0.723. The van der Waals surface area contributed by atoms with Gasteiger partial charge in [-0.15, -0.1) is 0 Å². The number of methoxy groups -OCH3 is 1. The lowest BCUT2D eigenvalue weighted by Gasteiger charge is -2.32. The summed E-state index contributed by atoms with van der Waals surface area (Å²) in [6.45, 7) is 1.92. The molecule has 2 aromatic carbocycles. The number of fused-ring (bicyclic) bond motifs is 1. The number of anilines is 1. The molecule has 0 atom stereocenters. The molecule has 0 saturated carbocycles. The molecule has 3 aromatic rings. The van der Waals surface area contributed by atoms with E-state index in [1.54, 1.807) is 7.11 Å². The van der Waals surface area contributed by atoms with Gasteiger partial charge in [-0.25, -0.2) is 4.79 Å². The standard InChI is InChI=1S/C21H24N4O3/c1-28-17-8-6-15(7-9-17)22-20(26)14-24-12-10-16(11-13-24)25-19-5-3-2-4-18(19)23-21(25)27/h2-9,16H,10-14H2,1H3,(H,22,26)(H,23,27). The number of carbonyl (C=O) groups is 1. The Kier molecular flexibility index (Phi) is 5.16. The van der Waals surface area contributed by atoms with Gasteiger partial charge in [-0.3, -0.25) is 14.3 Å². The van der Waals surface area contributed by atoms with Crippen molar-refractivity contribution < 1.29 is 9.53 Å². The van der Waals surface area contributed by atoms with Gasteiger partial charge in [0.2, 0.25) is 5.91 Å². The molecule has 0 radical (unpaired) electrons. The van der Waals surface area contributed by atoms with Crippen molar-refractivity contribution in [3.05, 3.63) is 59.0 Å². The molecule has 2 heterocycles. The Balaban J connectivity index is 1.34. The van der Waals surface area contributed by atoms with Crippen LogP contribution in [0.2, 0.25) is 0 Å². The number of aromatic nitrogens is 2. The van der Waals surface area contributed by atoms with Crippen LogP contribution in [0.3, 0.4) is 0 Å². The van der Waals surface area contributed by atoms with Crippen LogP contribution in [-0.4, -0.2) is 47.1 Å². The number of rotatable bonds is 5. The molecule has 0 spiro atoms. The van der Waals surface area contributed by atoms with Gasteiger partial charge in [-0.2, -0.15) is 0 Å². The van der Waals surface area contributed by atoms with Gasteiger partial charge in [0.05, 0.1) is 24.7 Å². The Morgan fingerprint density at radius 3 is 2.57 bits per heavy atom. The minimum atomic E-state index is -0.0584. The van der Waals surface area contributed by atoms with Crippen LogP contribution in [0, 0.1) is 0 Å². The van der Waals surface area contributed by atoms with E-state index in [-0.39, 0.29) is 17.6 Å². The number of hydrogen-bond acceptors (Lipinski definition) is 4. The number of benzene rings is 2. The van der Waals surface area contributed by atoms with Crippen LogP contribution in [0.25, 0.3) is 11.0 Å². The molecule has 1 aromatic heterocycles. The molecular weight excluding hydrogens is 356 g/mol. The summed E-state index contributed by atoms with van der Waals surface area (Å²) in [5, 5.41) is 2.92. The lowest BCUT2D eigenvalue weighted by molar-refractivity contribution is -0.117. The smallest absolute Gasteiger partial charge is 0.326 e. The van der Waals surface area contributed by atoms with Crippen LogP contribution < -0.4 is 15.7 Å². The molecule has 0 bridgehead atoms. The highest BCUT2D eigenvalue weighted by Gasteiger charge is 2.24. The average molecular weight is 380 g/mol. The van der Waals surface area contributed by atoms with Crippen molar-refractivity contribution in [2.75, 3.05) is 32.1 Å². The highest BCUT2D eigenvalue weighted by molar-refractivity contribution is 5.92. The zero-order chi connectivity index (χ0) is 19.5. The molecule has 7 heteroatoms. The fourth-order valence-corrected chi connectivity index (χ4v) is 3.85. The van der Waals surface area contributed by atoms with E-state index in [4.69, 9.17) is 4.74 Å². The first kappa shape index (κ1) is 18.3. The largest absolute Gasteiger partial charge is 0.497 e. The van der Waals surface area contributed by atoms with Gasteiger partial charge in [-0.05, 0) is 49.2 Å². The highest BCUT2D eigenvalue weighted by atomic mass is 16.5. The van der Waals surface area contributed by atoms with Crippen LogP contribution in [0.4, 0.5) is 5.69 Å². The fraction of sp³-hybridized carbons (Fsp3) is 0.333. The van der Waals surface area contributed by atoms with Crippen LogP contribution in [0.1, 0.15) is 18.9 Å². The highest BCUT2D eigenvalue weighted by Crippen LogP contribution is 2.24. The predicted molar refractivity (Wildman–Crippen MR) is 109 cm³/mol. The molecule has 4 rings (SSSR count). The SMILES string of the molecule is COc1ccc(NC(=O)CN2CCC(n3c(=O)[nH]c4ccccc43)CC2)cc1. The number of ether oxygens (including phenoxy) is 1. The van der Waals surface area contributed by atoms with Crippen molar-refractivity contribution in [2.24, 2.45) is 0 Å². The number of likely N-dealkylation sites (tertiary alicyclic amines) is 1. The summed E-state index contributed by atoms with van der Waals surface area (Å²) in [7, 11) is 1.61. The van der Waals surface area contributed by atoms with Gasteiger partial charge in [0.15, 0.2) is 0 Å². The molecule has 1 amide bonds. The molecule has 146 valence electrons. The van der Waals surface area contributed by atoms with E-state index in [0.29, 0.717) is 6.54 Å². The quantitative estimate of drug-likeness (QED) is 0.713. The summed E-state index contributed by atoms with van der Waals surface area (Å²) < 4.78 is 6.99.